The molecule has 25 heavy (non-hydrogen) atoms. The number of urea groups is 1. The topological polar surface area (TPSA) is 132 Å². The summed E-state index contributed by atoms with van der Waals surface area (Å²) in [4.78, 5) is 64.0. The molecule has 0 saturated carbocycles. The maximum absolute atomic E-state index is 12.3. The fourth-order valence-electron chi connectivity index (χ4n) is 2.54. The van der Waals surface area contributed by atoms with Crippen molar-refractivity contribution in [3.63, 3.8) is 0 Å². The SMILES string of the molecule is O=C1NC(=O)C2(OC(=O)C(=O)C2Sc2nc3ccccc3s2)C(=O)N1. The minimum atomic E-state index is -2.43. The van der Waals surface area contributed by atoms with Gasteiger partial charge in [-0.3, -0.25) is 25.0 Å². The van der Waals surface area contributed by atoms with E-state index in [0.717, 1.165) is 16.5 Å². The van der Waals surface area contributed by atoms with Gasteiger partial charge in [-0.05, 0) is 12.1 Å². The van der Waals surface area contributed by atoms with Crippen LogP contribution >= 0.6 is 23.1 Å². The molecule has 1 spiro atoms. The summed E-state index contributed by atoms with van der Waals surface area (Å²) < 4.78 is 6.05. The number of ether oxygens (including phenoxy) is 1. The van der Waals surface area contributed by atoms with Gasteiger partial charge >= 0.3 is 12.0 Å². The number of imide groups is 2. The number of fused-ring (bicyclic) bond motifs is 1. The van der Waals surface area contributed by atoms with Crippen LogP contribution in [-0.2, 0) is 23.9 Å². The zero-order chi connectivity index (χ0) is 17.8. The molecule has 2 aliphatic rings. The fraction of sp³-hybridized carbons (Fsp3) is 0.143. The number of aromatic nitrogens is 1. The lowest BCUT2D eigenvalue weighted by molar-refractivity contribution is -0.166. The minimum Gasteiger partial charge on any atom is -0.431 e. The van der Waals surface area contributed by atoms with E-state index in [1.807, 2.05) is 22.8 Å². The predicted molar refractivity (Wildman–Crippen MR) is 84.8 cm³/mol. The van der Waals surface area contributed by atoms with E-state index < -0.39 is 40.4 Å². The Morgan fingerprint density at radius 3 is 2.44 bits per heavy atom. The average Bonchev–Trinajstić information content (AvgIpc) is 3.07. The molecule has 4 amide bonds. The van der Waals surface area contributed by atoms with Crippen molar-refractivity contribution in [2.24, 2.45) is 0 Å². The number of thioether (sulfide) groups is 1. The molecule has 126 valence electrons. The number of rotatable bonds is 2. The Hall–Kier alpha value is -2.79. The molecule has 1 aromatic carbocycles. The number of carbonyl (C=O) groups is 5. The van der Waals surface area contributed by atoms with E-state index in [1.165, 1.54) is 11.3 Å². The number of hydrogen-bond donors (Lipinski definition) is 2. The van der Waals surface area contributed by atoms with Gasteiger partial charge in [0.15, 0.2) is 4.34 Å². The van der Waals surface area contributed by atoms with Crippen molar-refractivity contribution in [3.05, 3.63) is 24.3 Å². The molecule has 1 atom stereocenters. The summed E-state index contributed by atoms with van der Waals surface area (Å²) in [6.45, 7) is 0. The monoisotopic (exact) mass is 377 g/mol. The van der Waals surface area contributed by atoms with E-state index in [2.05, 4.69) is 4.98 Å². The Morgan fingerprint density at radius 2 is 1.76 bits per heavy atom. The molecule has 0 radical (unpaired) electrons. The number of nitrogens with zero attached hydrogens (tertiary/aromatic N) is 1. The van der Waals surface area contributed by atoms with Crippen LogP contribution in [0.2, 0.25) is 0 Å². The Balaban J connectivity index is 1.76. The van der Waals surface area contributed by atoms with E-state index >= 15 is 0 Å². The van der Waals surface area contributed by atoms with Crippen LogP contribution in [0.4, 0.5) is 4.79 Å². The van der Waals surface area contributed by atoms with Gasteiger partial charge in [0.05, 0.1) is 10.2 Å². The Kier molecular flexibility index (Phi) is 3.37. The number of esters is 1. The molecule has 1 unspecified atom stereocenters. The summed E-state index contributed by atoms with van der Waals surface area (Å²) >= 11 is 2.02. The second-order valence-electron chi connectivity index (χ2n) is 5.17. The molecule has 1 aromatic heterocycles. The van der Waals surface area contributed by atoms with Crippen LogP contribution < -0.4 is 10.6 Å². The number of amides is 4. The number of ketones is 1. The first kappa shape index (κ1) is 15.7. The van der Waals surface area contributed by atoms with E-state index in [9.17, 15) is 24.0 Å². The van der Waals surface area contributed by atoms with Crippen molar-refractivity contribution in [2.45, 2.75) is 15.2 Å². The molecule has 3 heterocycles. The molecular formula is C14H7N3O6S2. The Morgan fingerprint density at radius 1 is 1.08 bits per heavy atom. The van der Waals surface area contributed by atoms with Gasteiger partial charge in [-0.15, -0.1) is 11.3 Å². The predicted octanol–water partition coefficient (Wildman–Crippen LogP) is -0.0123. The number of carbonyl (C=O) groups excluding carboxylic acids is 5. The van der Waals surface area contributed by atoms with Gasteiger partial charge in [0.1, 0.15) is 5.25 Å². The zero-order valence-electron chi connectivity index (χ0n) is 12.1. The largest absolute Gasteiger partial charge is 0.431 e. The van der Waals surface area contributed by atoms with Gasteiger partial charge in [0, 0.05) is 0 Å². The van der Waals surface area contributed by atoms with Crippen LogP contribution in [0, 0.1) is 0 Å². The first-order valence-corrected chi connectivity index (χ1v) is 8.58. The average molecular weight is 377 g/mol. The molecule has 2 aliphatic heterocycles. The summed E-state index contributed by atoms with van der Waals surface area (Å²) in [7, 11) is 0. The highest BCUT2D eigenvalue weighted by Crippen LogP contribution is 2.41. The molecule has 0 aliphatic carbocycles. The number of thiazole rings is 1. The van der Waals surface area contributed by atoms with Crippen LogP contribution in [0.5, 0.6) is 0 Å². The smallest absolute Gasteiger partial charge is 0.377 e. The van der Waals surface area contributed by atoms with Gasteiger partial charge in [0.2, 0.25) is 0 Å². The third-order valence-electron chi connectivity index (χ3n) is 3.68. The molecule has 11 heteroatoms. The summed E-state index contributed by atoms with van der Waals surface area (Å²) in [5, 5.41) is 2.23. The van der Waals surface area contributed by atoms with Crippen molar-refractivity contribution in [1.29, 1.82) is 0 Å². The molecule has 4 rings (SSSR count). The number of hydrogen-bond acceptors (Lipinski definition) is 9. The lowest BCUT2D eigenvalue weighted by Gasteiger charge is -2.31. The third kappa shape index (κ3) is 2.23. The van der Waals surface area contributed by atoms with Crippen LogP contribution in [0.1, 0.15) is 0 Å². The second kappa shape index (κ2) is 5.36. The summed E-state index contributed by atoms with van der Waals surface area (Å²) in [5.41, 5.74) is -1.75. The van der Waals surface area contributed by atoms with Crippen molar-refractivity contribution >= 4 is 62.9 Å². The van der Waals surface area contributed by atoms with E-state index in [-0.39, 0.29) is 0 Å². The Labute approximate surface area is 147 Å². The maximum atomic E-state index is 12.3. The van der Waals surface area contributed by atoms with Gasteiger partial charge in [-0.1, -0.05) is 23.9 Å². The van der Waals surface area contributed by atoms with Crippen LogP contribution in [0.25, 0.3) is 10.2 Å². The van der Waals surface area contributed by atoms with Crippen molar-refractivity contribution < 1.29 is 28.7 Å². The van der Waals surface area contributed by atoms with Crippen molar-refractivity contribution in [2.75, 3.05) is 0 Å². The zero-order valence-corrected chi connectivity index (χ0v) is 13.7. The molecule has 2 N–H and O–H groups in total. The van der Waals surface area contributed by atoms with Crippen LogP contribution in [0.15, 0.2) is 28.6 Å². The number of para-hydroxylation sites is 1. The number of benzene rings is 1. The fourth-order valence-corrected chi connectivity index (χ4v) is 4.97. The maximum Gasteiger partial charge on any atom is 0.377 e. The molecule has 2 aromatic rings. The summed E-state index contributed by atoms with van der Waals surface area (Å²) in [6, 6.07) is 6.16. The van der Waals surface area contributed by atoms with E-state index in [4.69, 9.17) is 4.74 Å². The molecule has 0 bridgehead atoms. The van der Waals surface area contributed by atoms with Crippen LogP contribution in [0.3, 0.4) is 0 Å². The minimum absolute atomic E-state index is 0.384. The highest BCUT2D eigenvalue weighted by Gasteiger charge is 2.68. The molecule has 9 nitrogen and oxygen atoms in total. The Bertz CT molecular complexity index is 931. The third-order valence-corrected chi connectivity index (χ3v) is 6.13. The second-order valence-corrected chi connectivity index (χ2v) is 7.56. The first-order valence-electron chi connectivity index (χ1n) is 6.88. The number of nitrogens with one attached hydrogen (secondary N) is 2. The normalized spacial score (nSPS) is 22.2. The van der Waals surface area contributed by atoms with Crippen molar-refractivity contribution in [3.8, 4) is 0 Å². The quantitative estimate of drug-likeness (QED) is 0.424. The van der Waals surface area contributed by atoms with Crippen molar-refractivity contribution in [1.82, 2.24) is 15.6 Å². The number of barbiturate groups is 1. The standard InChI is InChI=1S/C14H7N3O6S2/c18-7-8(25-13-15-5-3-1-2-4-6(5)24-13)14(23-9(7)19)10(20)16-12(22)17-11(14)21/h1-4,8H,(H2,16,17,20,21,22). The van der Waals surface area contributed by atoms with Gasteiger partial charge in [-0.2, -0.15) is 0 Å². The van der Waals surface area contributed by atoms with Crippen LogP contribution in [-0.4, -0.2) is 45.4 Å². The lowest BCUT2D eigenvalue weighted by atomic mass is 9.95. The highest BCUT2D eigenvalue weighted by molar-refractivity contribution is 8.02. The van der Waals surface area contributed by atoms with E-state index in [0.29, 0.717) is 9.86 Å². The number of Topliss-reactive ketones (excluding diaryl/α,β-unsaturated/α-hetero) is 1. The summed E-state index contributed by atoms with van der Waals surface area (Å²) in [6.07, 6.45) is 0. The lowest BCUT2D eigenvalue weighted by Crippen LogP contribution is -2.70. The van der Waals surface area contributed by atoms with E-state index in [1.54, 1.807) is 12.1 Å². The summed E-state index contributed by atoms with van der Waals surface area (Å²) in [5.74, 6) is -4.65. The van der Waals surface area contributed by atoms with Gasteiger partial charge < -0.3 is 4.74 Å². The molecule has 2 fully saturated rings. The van der Waals surface area contributed by atoms with Gasteiger partial charge in [0.25, 0.3) is 23.2 Å². The molecule has 2 saturated heterocycles. The highest BCUT2D eigenvalue weighted by atomic mass is 32.2. The molecular weight excluding hydrogens is 370 g/mol. The van der Waals surface area contributed by atoms with Gasteiger partial charge in [-0.25, -0.2) is 14.6 Å². The first-order chi connectivity index (χ1) is 11.9.